The summed E-state index contributed by atoms with van der Waals surface area (Å²) in [6.45, 7) is 2.97. The van der Waals surface area contributed by atoms with Gasteiger partial charge in [0.05, 0.1) is 0 Å². The monoisotopic (exact) mass is 218 g/mol. The molecule has 1 rings (SSSR count). The molecule has 1 aliphatic rings. The van der Waals surface area contributed by atoms with Crippen molar-refractivity contribution in [1.82, 2.24) is 10.6 Å². The van der Waals surface area contributed by atoms with Crippen LogP contribution in [0.25, 0.3) is 0 Å². The van der Waals surface area contributed by atoms with Crippen LogP contribution in [0.3, 0.4) is 0 Å². The maximum absolute atomic E-state index is 5.14. The van der Waals surface area contributed by atoms with Gasteiger partial charge >= 0.3 is 0 Å². The normalized spacial score (nSPS) is 27.2. The van der Waals surface area contributed by atoms with E-state index in [2.05, 4.69) is 23.8 Å². The first-order chi connectivity index (χ1) is 6.26. The summed E-state index contributed by atoms with van der Waals surface area (Å²) in [6.07, 6.45) is 6.03. The Bertz CT molecular complexity index is 173. The Morgan fingerprint density at radius 1 is 1.54 bits per heavy atom. The van der Waals surface area contributed by atoms with E-state index >= 15 is 0 Å². The van der Waals surface area contributed by atoms with E-state index in [1.807, 2.05) is 11.8 Å². The number of rotatable bonds is 3. The fourth-order valence-corrected chi connectivity index (χ4v) is 2.79. The van der Waals surface area contributed by atoms with Crippen LogP contribution in [0.2, 0.25) is 0 Å². The Hall–Kier alpha value is 0.0400. The molecular weight excluding hydrogens is 200 g/mol. The predicted octanol–water partition coefficient (Wildman–Crippen LogP) is 1.75. The lowest BCUT2D eigenvalue weighted by Gasteiger charge is -2.15. The van der Waals surface area contributed by atoms with Gasteiger partial charge in [-0.3, -0.25) is 0 Å². The van der Waals surface area contributed by atoms with Crippen molar-refractivity contribution < 1.29 is 0 Å². The summed E-state index contributed by atoms with van der Waals surface area (Å²) in [5.41, 5.74) is 0. The molecule has 0 aromatic rings. The Morgan fingerprint density at radius 3 is 2.85 bits per heavy atom. The first-order valence-electron chi connectivity index (χ1n) is 4.83. The molecule has 1 saturated carbocycles. The molecule has 0 saturated heterocycles. The lowest BCUT2D eigenvalue weighted by molar-refractivity contribution is 0.624. The second-order valence-corrected chi connectivity index (χ2v) is 4.92. The van der Waals surface area contributed by atoms with Crippen LogP contribution in [0.4, 0.5) is 0 Å². The molecule has 2 N–H and O–H groups in total. The van der Waals surface area contributed by atoms with Gasteiger partial charge in [0.15, 0.2) is 5.11 Å². The summed E-state index contributed by atoms with van der Waals surface area (Å²) in [4.78, 5) is 0. The smallest absolute Gasteiger partial charge is 0.166 e. The maximum atomic E-state index is 5.14. The van der Waals surface area contributed by atoms with E-state index < -0.39 is 0 Å². The molecule has 13 heavy (non-hydrogen) atoms. The predicted molar refractivity (Wildman–Crippen MR) is 64.4 cm³/mol. The zero-order valence-electron chi connectivity index (χ0n) is 8.30. The van der Waals surface area contributed by atoms with Crippen molar-refractivity contribution in [1.29, 1.82) is 0 Å². The van der Waals surface area contributed by atoms with Crippen LogP contribution in [0, 0.1) is 0 Å². The van der Waals surface area contributed by atoms with Crippen LogP contribution in [-0.4, -0.2) is 29.2 Å². The van der Waals surface area contributed by atoms with E-state index in [0.717, 1.165) is 16.9 Å². The molecule has 2 nitrogen and oxygen atoms in total. The zero-order chi connectivity index (χ0) is 9.68. The van der Waals surface area contributed by atoms with Gasteiger partial charge in [0.1, 0.15) is 0 Å². The molecule has 0 heterocycles. The summed E-state index contributed by atoms with van der Waals surface area (Å²) < 4.78 is 0. The van der Waals surface area contributed by atoms with Crippen molar-refractivity contribution in [2.75, 3.05) is 12.8 Å². The lowest BCUT2D eigenvalue weighted by atomic mass is 10.3. The Balaban J connectivity index is 2.19. The van der Waals surface area contributed by atoms with Crippen LogP contribution in [0.1, 0.15) is 26.2 Å². The van der Waals surface area contributed by atoms with Gasteiger partial charge in [-0.2, -0.15) is 11.8 Å². The molecule has 0 aromatic carbocycles. The molecule has 0 aromatic heterocycles. The summed E-state index contributed by atoms with van der Waals surface area (Å²) in [5, 5.41) is 8.12. The second-order valence-electron chi connectivity index (χ2n) is 3.37. The molecule has 2 atom stereocenters. The average Bonchev–Trinajstić information content (AvgIpc) is 2.52. The van der Waals surface area contributed by atoms with Gasteiger partial charge in [-0.25, -0.2) is 0 Å². The molecule has 0 amide bonds. The SMILES string of the molecule is CCNC(=S)NC1CCC(SC)C1. The largest absolute Gasteiger partial charge is 0.363 e. The van der Waals surface area contributed by atoms with E-state index in [-0.39, 0.29) is 0 Å². The fourth-order valence-electron chi connectivity index (χ4n) is 1.68. The molecule has 0 bridgehead atoms. The quantitative estimate of drug-likeness (QED) is 0.705. The minimum atomic E-state index is 0.601. The third-order valence-corrected chi connectivity index (χ3v) is 3.75. The molecule has 1 aliphatic carbocycles. The number of hydrogen-bond acceptors (Lipinski definition) is 2. The van der Waals surface area contributed by atoms with Crippen molar-refractivity contribution in [2.24, 2.45) is 0 Å². The van der Waals surface area contributed by atoms with Gasteiger partial charge in [0.25, 0.3) is 0 Å². The van der Waals surface area contributed by atoms with Gasteiger partial charge < -0.3 is 10.6 Å². The summed E-state index contributed by atoms with van der Waals surface area (Å²) >= 11 is 7.11. The highest BCUT2D eigenvalue weighted by Crippen LogP contribution is 2.27. The van der Waals surface area contributed by atoms with Crippen molar-refractivity contribution >= 4 is 29.1 Å². The summed E-state index contributed by atoms with van der Waals surface area (Å²) in [6, 6.07) is 0.601. The van der Waals surface area contributed by atoms with E-state index in [0.29, 0.717) is 6.04 Å². The maximum Gasteiger partial charge on any atom is 0.166 e. The topological polar surface area (TPSA) is 24.1 Å². The first-order valence-corrected chi connectivity index (χ1v) is 6.53. The highest BCUT2D eigenvalue weighted by molar-refractivity contribution is 7.99. The third-order valence-electron chi connectivity index (χ3n) is 2.39. The Kier molecular flexibility index (Phi) is 4.88. The fraction of sp³-hybridized carbons (Fsp3) is 0.889. The van der Waals surface area contributed by atoms with E-state index in [9.17, 15) is 0 Å². The summed E-state index contributed by atoms with van der Waals surface area (Å²) in [7, 11) is 0. The molecule has 2 unspecified atom stereocenters. The molecule has 0 spiro atoms. The van der Waals surface area contributed by atoms with E-state index in [4.69, 9.17) is 12.2 Å². The number of thiocarbonyl (C=S) groups is 1. The van der Waals surface area contributed by atoms with E-state index in [1.54, 1.807) is 0 Å². The van der Waals surface area contributed by atoms with Crippen LogP contribution in [0.15, 0.2) is 0 Å². The number of nitrogens with one attached hydrogen (secondary N) is 2. The minimum absolute atomic E-state index is 0.601. The lowest BCUT2D eigenvalue weighted by Crippen LogP contribution is -2.40. The highest BCUT2D eigenvalue weighted by Gasteiger charge is 2.23. The summed E-state index contributed by atoms with van der Waals surface area (Å²) in [5.74, 6) is 0. The molecule has 1 fully saturated rings. The molecule has 4 heteroatoms. The highest BCUT2D eigenvalue weighted by atomic mass is 32.2. The first kappa shape index (κ1) is 11.1. The molecule has 0 aliphatic heterocycles. The minimum Gasteiger partial charge on any atom is -0.363 e. The van der Waals surface area contributed by atoms with E-state index in [1.165, 1.54) is 19.3 Å². The third kappa shape index (κ3) is 3.73. The van der Waals surface area contributed by atoms with Crippen LogP contribution < -0.4 is 10.6 Å². The van der Waals surface area contributed by atoms with Crippen molar-refractivity contribution in [3.63, 3.8) is 0 Å². The van der Waals surface area contributed by atoms with Crippen molar-refractivity contribution in [3.8, 4) is 0 Å². The van der Waals surface area contributed by atoms with Crippen molar-refractivity contribution in [2.45, 2.75) is 37.5 Å². The van der Waals surface area contributed by atoms with Gasteiger partial charge in [-0.15, -0.1) is 0 Å². The van der Waals surface area contributed by atoms with Crippen LogP contribution >= 0.6 is 24.0 Å². The van der Waals surface area contributed by atoms with Crippen LogP contribution in [-0.2, 0) is 0 Å². The van der Waals surface area contributed by atoms with Crippen molar-refractivity contribution in [3.05, 3.63) is 0 Å². The van der Waals surface area contributed by atoms with Gasteiger partial charge in [0, 0.05) is 17.8 Å². The molecular formula is C9H18N2S2. The number of hydrogen-bond donors (Lipinski definition) is 2. The zero-order valence-corrected chi connectivity index (χ0v) is 9.93. The average molecular weight is 218 g/mol. The van der Waals surface area contributed by atoms with Gasteiger partial charge in [-0.05, 0) is 44.7 Å². The molecule has 76 valence electrons. The van der Waals surface area contributed by atoms with Gasteiger partial charge in [0.2, 0.25) is 0 Å². The molecule has 0 radical (unpaired) electrons. The Morgan fingerprint density at radius 2 is 2.31 bits per heavy atom. The van der Waals surface area contributed by atoms with Gasteiger partial charge in [-0.1, -0.05) is 0 Å². The van der Waals surface area contributed by atoms with Crippen LogP contribution in [0.5, 0.6) is 0 Å². The second kappa shape index (κ2) is 5.70. The number of thioether (sulfide) groups is 1. The Labute approximate surface area is 90.2 Å². The standard InChI is InChI=1S/C9H18N2S2/c1-3-10-9(12)11-7-4-5-8(6-7)13-2/h7-8H,3-6H2,1-2H3,(H2,10,11,12).